The van der Waals surface area contributed by atoms with Crippen LogP contribution in [0.5, 0.6) is 5.75 Å². The second-order valence-electron chi connectivity index (χ2n) is 7.05. The van der Waals surface area contributed by atoms with E-state index in [1.807, 2.05) is 24.4 Å². The first-order chi connectivity index (χ1) is 13.7. The highest BCUT2D eigenvalue weighted by Crippen LogP contribution is 2.34. The van der Waals surface area contributed by atoms with E-state index >= 15 is 0 Å². The number of pyridine rings is 2. The zero-order valence-electron chi connectivity index (χ0n) is 16.4. The maximum absolute atomic E-state index is 6.18. The molecule has 0 aliphatic carbocycles. The fourth-order valence-corrected chi connectivity index (χ4v) is 3.69. The molecule has 2 aromatic heterocycles. The lowest BCUT2D eigenvalue weighted by atomic mass is 10.0. The minimum atomic E-state index is 0.401. The number of benzene rings is 1. The number of ether oxygens (including phenoxy) is 2. The number of hydrogen-bond donors (Lipinski definition) is 2. The Labute approximate surface area is 165 Å². The second-order valence-corrected chi connectivity index (χ2v) is 7.05. The van der Waals surface area contributed by atoms with Crippen LogP contribution >= 0.6 is 0 Å². The maximum Gasteiger partial charge on any atom is 0.149 e. The summed E-state index contributed by atoms with van der Waals surface area (Å²) in [5, 5.41) is 4.68. The fourth-order valence-electron chi connectivity index (χ4n) is 3.69. The first-order valence-electron chi connectivity index (χ1n) is 9.76. The number of aromatic nitrogens is 2. The number of nitrogen functional groups attached to an aromatic ring is 1. The Morgan fingerprint density at radius 1 is 1.25 bits per heavy atom. The van der Waals surface area contributed by atoms with Crippen LogP contribution in [-0.4, -0.2) is 36.3 Å². The zero-order valence-corrected chi connectivity index (χ0v) is 16.4. The number of methoxy groups -OCH3 is 1. The molecule has 0 radical (unpaired) electrons. The molecule has 6 heteroatoms. The minimum absolute atomic E-state index is 0.401. The minimum Gasteiger partial charge on any atom is -0.497 e. The molecule has 0 saturated carbocycles. The summed E-state index contributed by atoms with van der Waals surface area (Å²) in [5.74, 6) is 1.26. The molecule has 3 N–H and O–H groups in total. The molecular weight excluding hydrogens is 352 g/mol. The first kappa shape index (κ1) is 18.5. The summed E-state index contributed by atoms with van der Waals surface area (Å²) < 4.78 is 10.9. The van der Waals surface area contributed by atoms with Crippen LogP contribution in [-0.2, 0) is 11.2 Å². The van der Waals surface area contributed by atoms with Crippen LogP contribution in [0.4, 0.5) is 11.5 Å². The van der Waals surface area contributed by atoms with Crippen LogP contribution < -0.4 is 15.8 Å². The van der Waals surface area contributed by atoms with E-state index < -0.39 is 0 Å². The Kier molecular flexibility index (Phi) is 5.30. The van der Waals surface area contributed by atoms with Crippen molar-refractivity contribution in [1.29, 1.82) is 0 Å². The van der Waals surface area contributed by atoms with Gasteiger partial charge in [-0.25, -0.2) is 9.97 Å². The van der Waals surface area contributed by atoms with E-state index in [1.165, 1.54) is 0 Å². The highest BCUT2D eigenvalue weighted by atomic mass is 16.5. The third-order valence-electron chi connectivity index (χ3n) is 5.26. The Morgan fingerprint density at radius 2 is 2.07 bits per heavy atom. The van der Waals surface area contributed by atoms with Crippen LogP contribution in [0.1, 0.15) is 25.5 Å². The summed E-state index contributed by atoms with van der Waals surface area (Å²) >= 11 is 0. The molecule has 1 aromatic carbocycles. The van der Waals surface area contributed by atoms with Gasteiger partial charge in [-0.3, -0.25) is 0 Å². The highest BCUT2D eigenvalue weighted by molar-refractivity contribution is 6.00. The molecule has 1 aliphatic heterocycles. The fraction of sp³-hybridized carbons (Fsp3) is 0.364. The Morgan fingerprint density at radius 3 is 2.82 bits per heavy atom. The third-order valence-corrected chi connectivity index (χ3v) is 5.26. The summed E-state index contributed by atoms with van der Waals surface area (Å²) in [6, 6.07) is 10.5. The molecule has 6 nitrogen and oxygen atoms in total. The average molecular weight is 378 g/mol. The average Bonchev–Trinajstić information content (AvgIpc) is 2.74. The van der Waals surface area contributed by atoms with Crippen LogP contribution in [0, 0.1) is 0 Å². The Hall–Kier alpha value is -2.86. The number of fused-ring (bicyclic) bond motifs is 1. The van der Waals surface area contributed by atoms with Crippen molar-refractivity contribution < 1.29 is 9.47 Å². The molecule has 4 rings (SSSR count). The van der Waals surface area contributed by atoms with Gasteiger partial charge in [-0.1, -0.05) is 19.1 Å². The Balaban J connectivity index is 1.84. The largest absolute Gasteiger partial charge is 0.497 e. The molecule has 0 atom stereocenters. The van der Waals surface area contributed by atoms with E-state index in [0.717, 1.165) is 71.6 Å². The lowest BCUT2D eigenvalue weighted by Gasteiger charge is -2.25. The normalized spacial score (nSPS) is 14.9. The van der Waals surface area contributed by atoms with Gasteiger partial charge in [0.2, 0.25) is 0 Å². The van der Waals surface area contributed by atoms with E-state index in [9.17, 15) is 0 Å². The number of anilines is 2. The highest BCUT2D eigenvalue weighted by Gasteiger charge is 2.18. The molecule has 1 saturated heterocycles. The van der Waals surface area contributed by atoms with Crippen molar-refractivity contribution >= 4 is 22.4 Å². The van der Waals surface area contributed by atoms with Crippen molar-refractivity contribution in [3.63, 3.8) is 0 Å². The van der Waals surface area contributed by atoms with Gasteiger partial charge < -0.3 is 20.5 Å². The van der Waals surface area contributed by atoms with Gasteiger partial charge in [-0.2, -0.15) is 0 Å². The van der Waals surface area contributed by atoms with Crippen LogP contribution in [0.2, 0.25) is 0 Å². The standard InChI is InChI=1S/C22H26N4O2/c1-3-19-20(25-15-7-9-28-10-8-15)12-17-18(13-24-22(23)21(17)26-19)14-5-4-6-16(11-14)27-2/h4-6,11-13,15,25H,3,7-10H2,1-2H3,(H2,23,24). The van der Waals surface area contributed by atoms with Gasteiger partial charge in [0, 0.05) is 36.4 Å². The van der Waals surface area contributed by atoms with Crippen LogP contribution in [0.3, 0.4) is 0 Å². The summed E-state index contributed by atoms with van der Waals surface area (Å²) in [7, 11) is 1.67. The van der Waals surface area contributed by atoms with Crippen LogP contribution in [0.25, 0.3) is 22.0 Å². The number of hydrogen-bond acceptors (Lipinski definition) is 6. The Bertz CT molecular complexity index is 984. The van der Waals surface area contributed by atoms with Crippen molar-refractivity contribution in [2.45, 2.75) is 32.2 Å². The molecule has 146 valence electrons. The van der Waals surface area contributed by atoms with Crippen molar-refractivity contribution in [2.75, 3.05) is 31.4 Å². The van der Waals surface area contributed by atoms with Crippen molar-refractivity contribution in [3.8, 4) is 16.9 Å². The summed E-state index contributed by atoms with van der Waals surface area (Å²) in [5.41, 5.74) is 11.0. The number of nitrogens with two attached hydrogens (primary N) is 1. The molecule has 3 aromatic rings. The van der Waals surface area contributed by atoms with E-state index in [4.69, 9.17) is 20.2 Å². The predicted molar refractivity (Wildman–Crippen MR) is 113 cm³/mol. The van der Waals surface area contributed by atoms with E-state index in [-0.39, 0.29) is 0 Å². The summed E-state index contributed by atoms with van der Waals surface area (Å²) in [4.78, 5) is 9.27. The third kappa shape index (κ3) is 3.60. The van der Waals surface area contributed by atoms with E-state index in [2.05, 4.69) is 29.4 Å². The van der Waals surface area contributed by atoms with Crippen molar-refractivity contribution in [2.24, 2.45) is 0 Å². The zero-order chi connectivity index (χ0) is 19.5. The molecule has 1 aliphatic rings. The second kappa shape index (κ2) is 8.02. The van der Waals surface area contributed by atoms with Crippen molar-refractivity contribution in [1.82, 2.24) is 9.97 Å². The lowest BCUT2D eigenvalue weighted by Crippen LogP contribution is -2.28. The van der Waals surface area contributed by atoms with Crippen molar-refractivity contribution in [3.05, 3.63) is 42.2 Å². The molecule has 0 amide bonds. The van der Waals surface area contributed by atoms with Gasteiger partial charge in [0.15, 0.2) is 0 Å². The molecule has 3 heterocycles. The monoisotopic (exact) mass is 378 g/mol. The molecular formula is C22H26N4O2. The van der Waals surface area contributed by atoms with Gasteiger partial charge in [0.05, 0.1) is 18.5 Å². The SMILES string of the molecule is CCc1nc2c(N)ncc(-c3cccc(OC)c3)c2cc1NC1CCOCC1. The smallest absolute Gasteiger partial charge is 0.149 e. The maximum atomic E-state index is 6.18. The molecule has 0 unspecified atom stereocenters. The summed E-state index contributed by atoms with van der Waals surface area (Å²) in [6.45, 7) is 3.71. The van der Waals surface area contributed by atoms with E-state index in [0.29, 0.717) is 11.9 Å². The summed E-state index contributed by atoms with van der Waals surface area (Å²) in [6.07, 6.45) is 4.65. The van der Waals surface area contributed by atoms with Gasteiger partial charge >= 0.3 is 0 Å². The molecule has 1 fully saturated rings. The first-order valence-corrected chi connectivity index (χ1v) is 9.76. The quantitative estimate of drug-likeness (QED) is 0.697. The number of rotatable bonds is 5. The molecule has 0 spiro atoms. The predicted octanol–water partition coefficient (Wildman–Crippen LogP) is 4.04. The topological polar surface area (TPSA) is 82.3 Å². The number of aryl methyl sites for hydroxylation is 1. The van der Waals surface area contributed by atoms with Gasteiger partial charge in [0.25, 0.3) is 0 Å². The van der Waals surface area contributed by atoms with E-state index in [1.54, 1.807) is 7.11 Å². The molecule has 28 heavy (non-hydrogen) atoms. The van der Waals surface area contributed by atoms with Crippen LogP contribution in [0.15, 0.2) is 36.5 Å². The number of nitrogens with zero attached hydrogens (tertiary/aromatic N) is 2. The van der Waals surface area contributed by atoms with Gasteiger partial charge in [0.1, 0.15) is 17.1 Å². The lowest BCUT2D eigenvalue weighted by molar-refractivity contribution is 0.0904. The number of nitrogens with one attached hydrogen (secondary N) is 1. The van der Waals surface area contributed by atoms with Gasteiger partial charge in [-0.15, -0.1) is 0 Å². The van der Waals surface area contributed by atoms with Gasteiger partial charge in [-0.05, 0) is 43.0 Å². The molecule has 0 bridgehead atoms.